The Hall–Kier alpha value is -1.10. The summed E-state index contributed by atoms with van der Waals surface area (Å²) in [5.41, 5.74) is -0.477. The molecule has 2 atom stereocenters. The molecular weight excluding hydrogens is 210 g/mol. The summed E-state index contributed by atoms with van der Waals surface area (Å²) >= 11 is 0. The van der Waals surface area contributed by atoms with Crippen molar-refractivity contribution >= 4 is 11.9 Å². The number of esters is 1. The van der Waals surface area contributed by atoms with Gasteiger partial charge in [-0.25, -0.2) is 0 Å². The van der Waals surface area contributed by atoms with Crippen LogP contribution in [0.25, 0.3) is 0 Å². The number of carboxylic acid groups (broad SMARTS) is 1. The summed E-state index contributed by atoms with van der Waals surface area (Å²) < 4.78 is 5.18. The topological polar surface area (TPSA) is 75.6 Å². The minimum atomic E-state index is -0.855. The minimum absolute atomic E-state index is 0.0657. The van der Waals surface area contributed by atoms with E-state index >= 15 is 0 Å². The van der Waals surface area contributed by atoms with Crippen LogP contribution in [-0.4, -0.2) is 35.2 Å². The zero-order valence-electron chi connectivity index (χ0n) is 9.95. The molecule has 0 spiro atoms. The van der Waals surface area contributed by atoms with E-state index in [1.807, 2.05) is 20.8 Å². The monoisotopic (exact) mass is 229 g/mol. The van der Waals surface area contributed by atoms with Crippen molar-refractivity contribution in [3.05, 3.63) is 0 Å². The Bertz CT molecular complexity index is 282. The average molecular weight is 229 g/mol. The molecule has 0 aromatic heterocycles. The van der Waals surface area contributed by atoms with Gasteiger partial charge in [0.1, 0.15) is 11.6 Å². The maximum Gasteiger partial charge on any atom is 0.320 e. The van der Waals surface area contributed by atoms with Crippen molar-refractivity contribution in [3.63, 3.8) is 0 Å². The van der Waals surface area contributed by atoms with Gasteiger partial charge < -0.3 is 15.2 Å². The maximum atomic E-state index is 11.5. The van der Waals surface area contributed by atoms with Gasteiger partial charge in [-0.3, -0.25) is 9.59 Å². The number of nitrogens with one attached hydrogen (secondary N) is 1. The highest BCUT2D eigenvalue weighted by atomic mass is 16.6. The molecule has 1 aliphatic rings. The third-order valence-corrected chi connectivity index (χ3v) is 2.40. The number of ether oxygens (including phenoxy) is 1. The van der Waals surface area contributed by atoms with E-state index in [0.29, 0.717) is 13.0 Å². The number of carbonyl (C=O) groups excluding carboxylic acids is 1. The Kier molecular flexibility index (Phi) is 3.91. The van der Waals surface area contributed by atoms with Crippen molar-refractivity contribution in [2.45, 2.75) is 45.3 Å². The van der Waals surface area contributed by atoms with E-state index in [-0.39, 0.29) is 18.3 Å². The van der Waals surface area contributed by atoms with Gasteiger partial charge in [0.2, 0.25) is 0 Å². The summed E-state index contributed by atoms with van der Waals surface area (Å²) in [4.78, 5) is 22.2. The molecule has 0 bridgehead atoms. The van der Waals surface area contributed by atoms with Crippen LogP contribution in [0.5, 0.6) is 0 Å². The summed E-state index contributed by atoms with van der Waals surface area (Å²) in [5, 5.41) is 11.6. The van der Waals surface area contributed by atoms with Crippen molar-refractivity contribution in [2.75, 3.05) is 6.54 Å². The summed E-state index contributed by atoms with van der Waals surface area (Å²) in [6.07, 6.45) is 0.780. The highest BCUT2D eigenvalue weighted by molar-refractivity contribution is 5.74. The Morgan fingerprint density at radius 1 is 1.44 bits per heavy atom. The molecule has 0 saturated carbocycles. The first kappa shape index (κ1) is 13.0. The second-order valence-corrected chi connectivity index (χ2v) is 5.19. The molecule has 0 amide bonds. The molecule has 5 heteroatoms. The van der Waals surface area contributed by atoms with Crippen LogP contribution in [0.4, 0.5) is 0 Å². The third-order valence-electron chi connectivity index (χ3n) is 2.40. The number of hydrogen-bond acceptors (Lipinski definition) is 4. The van der Waals surface area contributed by atoms with Crippen LogP contribution in [0.2, 0.25) is 0 Å². The van der Waals surface area contributed by atoms with Crippen molar-refractivity contribution in [1.82, 2.24) is 5.32 Å². The number of aliphatic carboxylic acids is 1. The first-order valence-corrected chi connectivity index (χ1v) is 5.46. The SMILES string of the molecule is CC(C)(C)OC(=O)C[C@@H]1CN[C@@H](C(=O)O)C1. The fourth-order valence-electron chi connectivity index (χ4n) is 1.77. The van der Waals surface area contributed by atoms with Crippen LogP contribution in [0.3, 0.4) is 0 Å². The molecule has 0 aromatic carbocycles. The smallest absolute Gasteiger partial charge is 0.320 e. The summed E-state index contributed by atoms with van der Waals surface area (Å²) in [6, 6.07) is -0.521. The molecule has 0 radical (unpaired) electrons. The number of hydrogen-bond donors (Lipinski definition) is 2. The van der Waals surface area contributed by atoms with Gasteiger partial charge in [-0.1, -0.05) is 0 Å². The van der Waals surface area contributed by atoms with E-state index < -0.39 is 17.6 Å². The largest absolute Gasteiger partial charge is 0.480 e. The molecule has 0 aliphatic carbocycles. The molecule has 2 N–H and O–H groups in total. The standard InChI is InChI=1S/C11H19NO4/c1-11(2,3)16-9(13)5-7-4-8(10(14)15)12-6-7/h7-8,12H,4-6H2,1-3H3,(H,14,15)/t7-,8-/m1/s1. The second kappa shape index (κ2) is 4.82. The lowest BCUT2D eigenvalue weighted by Gasteiger charge is -2.20. The molecule has 0 unspecified atom stereocenters. The Labute approximate surface area is 95.2 Å². The molecule has 1 saturated heterocycles. The summed E-state index contributed by atoms with van der Waals surface area (Å²) in [6.45, 7) is 6.02. The average Bonchev–Trinajstić information content (AvgIpc) is 2.48. The van der Waals surface area contributed by atoms with Gasteiger partial charge in [0, 0.05) is 6.42 Å². The summed E-state index contributed by atoms with van der Waals surface area (Å²) in [5.74, 6) is -1.05. The fourth-order valence-corrected chi connectivity index (χ4v) is 1.77. The van der Waals surface area contributed by atoms with Gasteiger partial charge in [0.05, 0.1) is 0 Å². The molecule has 0 aromatic rings. The molecule has 1 rings (SSSR count). The maximum absolute atomic E-state index is 11.5. The van der Waals surface area contributed by atoms with Crippen LogP contribution < -0.4 is 5.32 Å². The van der Waals surface area contributed by atoms with Crippen LogP contribution in [0.1, 0.15) is 33.6 Å². The van der Waals surface area contributed by atoms with Crippen LogP contribution in [-0.2, 0) is 14.3 Å². The molecule has 1 aliphatic heterocycles. The highest BCUT2D eigenvalue weighted by Crippen LogP contribution is 2.20. The lowest BCUT2D eigenvalue weighted by Crippen LogP contribution is -2.29. The molecular formula is C11H19NO4. The minimum Gasteiger partial charge on any atom is -0.480 e. The fraction of sp³-hybridized carbons (Fsp3) is 0.818. The van der Waals surface area contributed by atoms with E-state index in [9.17, 15) is 9.59 Å². The van der Waals surface area contributed by atoms with E-state index in [4.69, 9.17) is 9.84 Å². The van der Waals surface area contributed by atoms with Gasteiger partial charge in [-0.05, 0) is 39.7 Å². The zero-order chi connectivity index (χ0) is 12.3. The van der Waals surface area contributed by atoms with Gasteiger partial charge in [0.25, 0.3) is 0 Å². The third kappa shape index (κ3) is 4.18. The number of rotatable bonds is 3. The highest BCUT2D eigenvalue weighted by Gasteiger charge is 2.31. The molecule has 5 nitrogen and oxygen atoms in total. The van der Waals surface area contributed by atoms with Crippen LogP contribution >= 0.6 is 0 Å². The van der Waals surface area contributed by atoms with Gasteiger partial charge in [-0.15, -0.1) is 0 Å². The molecule has 1 heterocycles. The van der Waals surface area contributed by atoms with Gasteiger partial charge in [0.15, 0.2) is 0 Å². The molecule has 92 valence electrons. The van der Waals surface area contributed by atoms with Crippen molar-refractivity contribution in [3.8, 4) is 0 Å². The first-order chi connectivity index (χ1) is 7.28. The van der Waals surface area contributed by atoms with E-state index in [1.54, 1.807) is 0 Å². The normalized spacial score (nSPS) is 25.4. The van der Waals surface area contributed by atoms with Gasteiger partial charge >= 0.3 is 11.9 Å². The zero-order valence-corrected chi connectivity index (χ0v) is 9.95. The van der Waals surface area contributed by atoms with Gasteiger partial charge in [-0.2, -0.15) is 0 Å². The lowest BCUT2D eigenvalue weighted by molar-refractivity contribution is -0.156. The van der Waals surface area contributed by atoms with Crippen LogP contribution in [0.15, 0.2) is 0 Å². The predicted octanol–water partition coefficient (Wildman–Crippen LogP) is 0.781. The Morgan fingerprint density at radius 2 is 2.06 bits per heavy atom. The Balaban J connectivity index is 2.34. The quantitative estimate of drug-likeness (QED) is 0.699. The number of carboxylic acids is 1. The van der Waals surface area contributed by atoms with Crippen LogP contribution in [0, 0.1) is 5.92 Å². The van der Waals surface area contributed by atoms with E-state index in [0.717, 1.165) is 0 Å². The summed E-state index contributed by atoms with van der Waals surface area (Å²) in [7, 11) is 0. The first-order valence-electron chi connectivity index (χ1n) is 5.46. The van der Waals surface area contributed by atoms with Crippen molar-refractivity contribution in [2.24, 2.45) is 5.92 Å². The number of carbonyl (C=O) groups is 2. The van der Waals surface area contributed by atoms with E-state index in [2.05, 4.69) is 5.32 Å². The second-order valence-electron chi connectivity index (χ2n) is 5.19. The van der Waals surface area contributed by atoms with E-state index in [1.165, 1.54) is 0 Å². The predicted molar refractivity (Wildman–Crippen MR) is 58.0 cm³/mol. The lowest BCUT2D eigenvalue weighted by atomic mass is 10.0. The molecule has 16 heavy (non-hydrogen) atoms. The van der Waals surface area contributed by atoms with Crippen molar-refractivity contribution in [1.29, 1.82) is 0 Å². The Morgan fingerprint density at radius 3 is 2.50 bits per heavy atom. The molecule has 1 fully saturated rings. The van der Waals surface area contributed by atoms with Crippen molar-refractivity contribution < 1.29 is 19.4 Å².